The molecule has 1 atom stereocenters. The Labute approximate surface area is 105 Å². The van der Waals surface area contributed by atoms with Crippen molar-refractivity contribution < 1.29 is 4.74 Å². The molecule has 0 aliphatic rings. The van der Waals surface area contributed by atoms with Gasteiger partial charge in [-0.05, 0) is 38.6 Å². The molecule has 0 aliphatic carbocycles. The molecule has 0 aliphatic heterocycles. The second-order valence-electron chi connectivity index (χ2n) is 4.62. The van der Waals surface area contributed by atoms with E-state index < -0.39 is 0 Å². The van der Waals surface area contributed by atoms with Crippen LogP contribution in [0.3, 0.4) is 0 Å². The van der Waals surface area contributed by atoms with Gasteiger partial charge in [-0.25, -0.2) is 0 Å². The molecule has 3 nitrogen and oxygen atoms in total. The maximum absolute atomic E-state index is 5.82. The number of nitrogens with two attached hydrogens (primary N) is 1. The topological polar surface area (TPSA) is 38.5 Å². The second kappa shape index (κ2) is 6.50. The number of nitrogens with zero attached hydrogens (tertiary/aromatic N) is 1. The van der Waals surface area contributed by atoms with E-state index in [2.05, 4.69) is 25.8 Å². The summed E-state index contributed by atoms with van der Waals surface area (Å²) in [7, 11) is 3.84. The van der Waals surface area contributed by atoms with Crippen molar-refractivity contribution in [1.82, 2.24) is 4.90 Å². The highest BCUT2D eigenvalue weighted by Gasteiger charge is 2.11. The summed E-state index contributed by atoms with van der Waals surface area (Å²) in [6.07, 6.45) is 2.42. The van der Waals surface area contributed by atoms with Gasteiger partial charge in [0, 0.05) is 23.8 Å². The summed E-state index contributed by atoms with van der Waals surface area (Å²) in [5, 5.41) is 0. The summed E-state index contributed by atoms with van der Waals surface area (Å²) >= 11 is 0. The van der Waals surface area contributed by atoms with Crippen LogP contribution in [0.1, 0.15) is 32.3 Å². The first-order valence-corrected chi connectivity index (χ1v) is 6.21. The first kappa shape index (κ1) is 13.8. The highest BCUT2D eigenvalue weighted by Crippen LogP contribution is 2.23. The van der Waals surface area contributed by atoms with E-state index in [0.717, 1.165) is 23.5 Å². The van der Waals surface area contributed by atoms with Gasteiger partial charge < -0.3 is 10.5 Å². The van der Waals surface area contributed by atoms with Gasteiger partial charge in [-0.15, -0.1) is 0 Å². The summed E-state index contributed by atoms with van der Waals surface area (Å²) in [6, 6.07) is 6.38. The Morgan fingerprint density at radius 3 is 2.71 bits per heavy atom. The summed E-state index contributed by atoms with van der Waals surface area (Å²) in [5.74, 6) is 0.912. The molecule has 3 heteroatoms. The molecule has 96 valence electrons. The van der Waals surface area contributed by atoms with E-state index in [1.165, 1.54) is 12.8 Å². The van der Waals surface area contributed by atoms with Crippen molar-refractivity contribution in [3.05, 3.63) is 23.8 Å². The SMILES string of the molecule is CCCC(C)N(C)Cc1cc(N)ccc1OC. The van der Waals surface area contributed by atoms with Crippen LogP contribution >= 0.6 is 0 Å². The van der Waals surface area contributed by atoms with Crippen molar-refractivity contribution >= 4 is 5.69 Å². The number of hydrogen-bond acceptors (Lipinski definition) is 3. The Morgan fingerprint density at radius 2 is 2.12 bits per heavy atom. The average molecular weight is 236 g/mol. The summed E-state index contributed by atoms with van der Waals surface area (Å²) < 4.78 is 5.36. The second-order valence-corrected chi connectivity index (χ2v) is 4.62. The average Bonchev–Trinajstić information content (AvgIpc) is 2.29. The highest BCUT2D eigenvalue weighted by atomic mass is 16.5. The Morgan fingerprint density at radius 1 is 1.41 bits per heavy atom. The normalized spacial score (nSPS) is 12.8. The number of nitrogen functional groups attached to an aromatic ring is 1. The van der Waals surface area contributed by atoms with Gasteiger partial charge in [-0.3, -0.25) is 4.90 Å². The van der Waals surface area contributed by atoms with E-state index in [9.17, 15) is 0 Å². The van der Waals surface area contributed by atoms with E-state index in [4.69, 9.17) is 10.5 Å². The molecule has 0 bridgehead atoms. The number of benzene rings is 1. The Balaban J connectivity index is 2.76. The minimum atomic E-state index is 0.575. The van der Waals surface area contributed by atoms with Crippen molar-refractivity contribution in [1.29, 1.82) is 0 Å². The third kappa shape index (κ3) is 3.93. The van der Waals surface area contributed by atoms with Gasteiger partial charge in [0.1, 0.15) is 5.75 Å². The van der Waals surface area contributed by atoms with E-state index in [-0.39, 0.29) is 0 Å². The van der Waals surface area contributed by atoms with Crippen molar-refractivity contribution in [3.63, 3.8) is 0 Å². The molecule has 0 saturated carbocycles. The quantitative estimate of drug-likeness (QED) is 0.772. The summed E-state index contributed by atoms with van der Waals surface area (Å²) in [5.41, 5.74) is 7.76. The minimum Gasteiger partial charge on any atom is -0.496 e. The standard InChI is InChI=1S/C14H24N2O/c1-5-6-11(2)16(3)10-12-9-13(15)7-8-14(12)17-4/h7-9,11H,5-6,10,15H2,1-4H3. The number of methoxy groups -OCH3 is 1. The van der Waals surface area contributed by atoms with Crippen molar-refractivity contribution in [2.24, 2.45) is 0 Å². The Kier molecular flexibility index (Phi) is 5.29. The van der Waals surface area contributed by atoms with Gasteiger partial charge in [-0.1, -0.05) is 13.3 Å². The Bertz CT molecular complexity index is 352. The van der Waals surface area contributed by atoms with E-state index >= 15 is 0 Å². The maximum Gasteiger partial charge on any atom is 0.123 e. The minimum absolute atomic E-state index is 0.575. The van der Waals surface area contributed by atoms with Crippen LogP contribution in [0.2, 0.25) is 0 Å². The van der Waals surface area contributed by atoms with Gasteiger partial charge in [-0.2, -0.15) is 0 Å². The lowest BCUT2D eigenvalue weighted by Gasteiger charge is -2.25. The van der Waals surface area contributed by atoms with Crippen molar-refractivity contribution in [2.45, 2.75) is 39.3 Å². The molecule has 1 rings (SSSR count). The molecule has 1 aromatic carbocycles. The number of ether oxygens (including phenoxy) is 1. The predicted octanol–water partition coefficient (Wildman–Crippen LogP) is 2.90. The number of rotatable bonds is 6. The molecule has 0 heterocycles. The van der Waals surface area contributed by atoms with Crippen LogP contribution in [-0.2, 0) is 6.54 Å². The van der Waals surface area contributed by atoms with Gasteiger partial charge in [0.05, 0.1) is 7.11 Å². The van der Waals surface area contributed by atoms with Gasteiger partial charge in [0.25, 0.3) is 0 Å². The summed E-state index contributed by atoms with van der Waals surface area (Å²) in [4.78, 5) is 2.33. The molecular weight excluding hydrogens is 212 g/mol. The van der Waals surface area contributed by atoms with Crippen LogP contribution in [0.4, 0.5) is 5.69 Å². The largest absolute Gasteiger partial charge is 0.496 e. The third-order valence-electron chi connectivity index (χ3n) is 3.18. The van der Waals surface area contributed by atoms with Crippen LogP contribution in [0.25, 0.3) is 0 Å². The molecule has 1 aromatic rings. The molecule has 0 aromatic heterocycles. The van der Waals surface area contributed by atoms with Gasteiger partial charge >= 0.3 is 0 Å². The fraction of sp³-hybridized carbons (Fsp3) is 0.571. The first-order chi connectivity index (χ1) is 8.08. The molecule has 0 spiro atoms. The van der Waals surface area contributed by atoms with Crippen LogP contribution < -0.4 is 10.5 Å². The van der Waals surface area contributed by atoms with Gasteiger partial charge in [0.2, 0.25) is 0 Å². The van der Waals surface area contributed by atoms with Crippen molar-refractivity contribution in [2.75, 3.05) is 19.9 Å². The van der Waals surface area contributed by atoms with E-state index in [0.29, 0.717) is 6.04 Å². The smallest absolute Gasteiger partial charge is 0.123 e. The zero-order valence-corrected chi connectivity index (χ0v) is 11.4. The van der Waals surface area contributed by atoms with Crippen molar-refractivity contribution in [3.8, 4) is 5.75 Å². The Hall–Kier alpha value is -1.22. The fourth-order valence-corrected chi connectivity index (χ4v) is 1.98. The summed E-state index contributed by atoms with van der Waals surface area (Å²) in [6.45, 7) is 5.34. The molecule has 2 N–H and O–H groups in total. The van der Waals surface area contributed by atoms with Crippen LogP contribution in [-0.4, -0.2) is 25.1 Å². The molecule has 17 heavy (non-hydrogen) atoms. The molecule has 0 saturated heterocycles. The van der Waals surface area contributed by atoms with E-state index in [1.807, 2.05) is 18.2 Å². The zero-order valence-electron chi connectivity index (χ0n) is 11.4. The number of anilines is 1. The fourth-order valence-electron chi connectivity index (χ4n) is 1.98. The lowest BCUT2D eigenvalue weighted by atomic mass is 10.1. The molecular formula is C14H24N2O. The predicted molar refractivity (Wildman–Crippen MR) is 73.2 cm³/mol. The maximum atomic E-state index is 5.82. The molecule has 0 radical (unpaired) electrons. The zero-order chi connectivity index (χ0) is 12.8. The van der Waals surface area contributed by atoms with Crippen LogP contribution in [0, 0.1) is 0 Å². The molecule has 1 unspecified atom stereocenters. The molecule has 0 fully saturated rings. The highest BCUT2D eigenvalue weighted by molar-refractivity contribution is 5.47. The number of hydrogen-bond donors (Lipinski definition) is 1. The third-order valence-corrected chi connectivity index (χ3v) is 3.18. The van der Waals surface area contributed by atoms with Gasteiger partial charge in [0.15, 0.2) is 0 Å². The van der Waals surface area contributed by atoms with E-state index in [1.54, 1.807) is 7.11 Å². The monoisotopic (exact) mass is 236 g/mol. The lowest BCUT2D eigenvalue weighted by Crippen LogP contribution is -2.28. The first-order valence-electron chi connectivity index (χ1n) is 6.21. The van der Waals surface area contributed by atoms with Crippen LogP contribution in [0.5, 0.6) is 5.75 Å². The lowest BCUT2D eigenvalue weighted by molar-refractivity contribution is 0.233. The van der Waals surface area contributed by atoms with Crippen LogP contribution in [0.15, 0.2) is 18.2 Å². The molecule has 0 amide bonds.